The van der Waals surface area contributed by atoms with E-state index in [1.165, 1.54) is 0 Å². The third-order valence-electron chi connectivity index (χ3n) is 1.92. The van der Waals surface area contributed by atoms with Crippen molar-refractivity contribution in [2.24, 2.45) is 0 Å². The van der Waals surface area contributed by atoms with Crippen LogP contribution in [0, 0.1) is 18.2 Å². The minimum Gasteiger partial charge on any atom is -0.302 e. The van der Waals surface area contributed by atoms with Gasteiger partial charge in [0, 0.05) is 6.54 Å². The fourth-order valence-electron chi connectivity index (χ4n) is 1.24. The second-order valence-electron chi connectivity index (χ2n) is 3.11. The SMILES string of the molecule is C#CCNCc1ccc(F)cc1C(F)(F)F. The number of hydrogen-bond acceptors (Lipinski definition) is 1. The van der Waals surface area contributed by atoms with Gasteiger partial charge in [-0.25, -0.2) is 4.39 Å². The molecule has 0 amide bonds. The molecule has 86 valence electrons. The number of terminal acetylenes is 1. The van der Waals surface area contributed by atoms with Crippen molar-refractivity contribution in [3.8, 4) is 12.3 Å². The van der Waals surface area contributed by atoms with Gasteiger partial charge in [-0.3, -0.25) is 0 Å². The third-order valence-corrected chi connectivity index (χ3v) is 1.92. The van der Waals surface area contributed by atoms with Crippen LogP contribution in [0.5, 0.6) is 0 Å². The highest BCUT2D eigenvalue weighted by atomic mass is 19.4. The summed E-state index contributed by atoms with van der Waals surface area (Å²) in [6, 6.07) is 2.57. The number of halogens is 4. The molecule has 0 spiro atoms. The van der Waals surface area contributed by atoms with Crippen molar-refractivity contribution < 1.29 is 17.6 Å². The Kier molecular flexibility index (Phi) is 3.91. The van der Waals surface area contributed by atoms with Crippen LogP contribution in [0.3, 0.4) is 0 Å². The van der Waals surface area contributed by atoms with Gasteiger partial charge in [-0.15, -0.1) is 6.42 Å². The molecule has 0 unspecified atom stereocenters. The van der Waals surface area contributed by atoms with Gasteiger partial charge in [-0.1, -0.05) is 12.0 Å². The molecule has 1 aromatic carbocycles. The standard InChI is InChI=1S/C11H9F4N/c1-2-5-16-7-8-3-4-9(12)6-10(8)11(13,14)15/h1,3-4,6,16H,5,7H2. The molecule has 1 aromatic rings. The number of benzene rings is 1. The maximum Gasteiger partial charge on any atom is 0.416 e. The average molecular weight is 231 g/mol. The topological polar surface area (TPSA) is 12.0 Å². The Labute approximate surface area is 90.5 Å². The number of rotatable bonds is 3. The predicted molar refractivity (Wildman–Crippen MR) is 51.9 cm³/mol. The van der Waals surface area contributed by atoms with Crippen LogP contribution < -0.4 is 5.32 Å². The Morgan fingerprint density at radius 1 is 1.31 bits per heavy atom. The minimum atomic E-state index is -4.56. The summed E-state index contributed by atoms with van der Waals surface area (Å²) in [6.45, 7) is 0.119. The Morgan fingerprint density at radius 3 is 2.56 bits per heavy atom. The van der Waals surface area contributed by atoms with E-state index in [0.717, 1.165) is 12.1 Å². The molecule has 0 bridgehead atoms. The summed E-state index contributed by atoms with van der Waals surface area (Å²) < 4.78 is 50.2. The molecule has 0 heterocycles. The monoisotopic (exact) mass is 231 g/mol. The van der Waals surface area contributed by atoms with Crippen molar-refractivity contribution in [3.05, 3.63) is 35.1 Å². The van der Waals surface area contributed by atoms with Gasteiger partial charge in [0.1, 0.15) is 5.82 Å². The van der Waals surface area contributed by atoms with E-state index in [4.69, 9.17) is 6.42 Å². The van der Waals surface area contributed by atoms with Crippen molar-refractivity contribution in [2.45, 2.75) is 12.7 Å². The van der Waals surface area contributed by atoms with E-state index in [1.54, 1.807) is 0 Å². The van der Waals surface area contributed by atoms with E-state index in [2.05, 4.69) is 11.2 Å². The highest BCUT2D eigenvalue weighted by molar-refractivity contribution is 5.30. The summed E-state index contributed by atoms with van der Waals surface area (Å²) in [5, 5.41) is 2.62. The predicted octanol–water partition coefficient (Wildman–Crippen LogP) is 2.57. The number of alkyl halides is 3. The molecule has 0 aliphatic heterocycles. The van der Waals surface area contributed by atoms with Gasteiger partial charge < -0.3 is 5.32 Å². The van der Waals surface area contributed by atoms with Crippen LogP contribution in [0.2, 0.25) is 0 Å². The lowest BCUT2D eigenvalue weighted by atomic mass is 10.1. The zero-order valence-corrected chi connectivity index (χ0v) is 8.24. The second kappa shape index (κ2) is 4.99. The molecule has 0 atom stereocenters. The first-order valence-electron chi connectivity index (χ1n) is 4.45. The first kappa shape index (κ1) is 12.5. The quantitative estimate of drug-likeness (QED) is 0.479. The van der Waals surface area contributed by atoms with Crippen molar-refractivity contribution in [1.29, 1.82) is 0 Å². The van der Waals surface area contributed by atoms with Crippen LogP contribution in [-0.2, 0) is 12.7 Å². The second-order valence-corrected chi connectivity index (χ2v) is 3.11. The Bertz CT molecular complexity index is 403. The van der Waals surface area contributed by atoms with E-state index in [1.807, 2.05) is 0 Å². The molecule has 0 aliphatic carbocycles. The molecule has 0 fully saturated rings. The molecule has 16 heavy (non-hydrogen) atoms. The summed E-state index contributed by atoms with van der Waals surface area (Å²) >= 11 is 0. The third kappa shape index (κ3) is 3.24. The first-order valence-corrected chi connectivity index (χ1v) is 4.45. The zero-order chi connectivity index (χ0) is 12.2. The molecule has 1 nitrogen and oxygen atoms in total. The number of nitrogens with one attached hydrogen (secondary N) is 1. The molecule has 0 aromatic heterocycles. The fraction of sp³-hybridized carbons (Fsp3) is 0.273. The normalized spacial score (nSPS) is 11.2. The molecule has 5 heteroatoms. The van der Waals surface area contributed by atoms with Crippen LogP contribution in [-0.4, -0.2) is 6.54 Å². The lowest BCUT2D eigenvalue weighted by Gasteiger charge is -2.12. The minimum absolute atomic E-state index is 0.0239. The average Bonchev–Trinajstić information content (AvgIpc) is 2.19. The largest absolute Gasteiger partial charge is 0.416 e. The van der Waals surface area contributed by atoms with Gasteiger partial charge in [-0.05, 0) is 17.7 Å². The highest BCUT2D eigenvalue weighted by Crippen LogP contribution is 2.32. The van der Waals surface area contributed by atoms with Gasteiger partial charge in [-0.2, -0.15) is 13.2 Å². The van der Waals surface area contributed by atoms with Crippen LogP contribution in [0.15, 0.2) is 18.2 Å². The van der Waals surface area contributed by atoms with Crippen LogP contribution in [0.1, 0.15) is 11.1 Å². The molecule has 1 rings (SSSR count). The van der Waals surface area contributed by atoms with Crippen LogP contribution in [0.4, 0.5) is 17.6 Å². The molecule has 0 radical (unpaired) electrons. The maximum atomic E-state index is 12.7. The van der Waals surface area contributed by atoms with Crippen molar-refractivity contribution in [2.75, 3.05) is 6.54 Å². The lowest BCUT2D eigenvalue weighted by Crippen LogP contribution is -2.18. The summed E-state index contributed by atoms with van der Waals surface area (Å²) in [5.74, 6) is 1.33. The Hall–Kier alpha value is -1.54. The number of hydrogen-bond donors (Lipinski definition) is 1. The van der Waals surface area contributed by atoms with Gasteiger partial charge in [0.05, 0.1) is 12.1 Å². The molecule has 0 saturated heterocycles. The fourth-order valence-corrected chi connectivity index (χ4v) is 1.24. The Morgan fingerprint density at radius 2 is 2.00 bits per heavy atom. The van der Waals surface area contributed by atoms with Gasteiger partial charge in [0.25, 0.3) is 0 Å². The highest BCUT2D eigenvalue weighted by Gasteiger charge is 2.33. The van der Waals surface area contributed by atoms with E-state index in [9.17, 15) is 17.6 Å². The summed E-state index contributed by atoms with van der Waals surface area (Å²) in [4.78, 5) is 0. The lowest BCUT2D eigenvalue weighted by molar-refractivity contribution is -0.138. The molecular weight excluding hydrogens is 222 g/mol. The van der Waals surface area contributed by atoms with E-state index < -0.39 is 17.6 Å². The van der Waals surface area contributed by atoms with Crippen molar-refractivity contribution in [1.82, 2.24) is 5.32 Å². The maximum absolute atomic E-state index is 12.7. The van der Waals surface area contributed by atoms with Crippen LogP contribution >= 0.6 is 0 Å². The zero-order valence-electron chi connectivity index (χ0n) is 8.24. The van der Waals surface area contributed by atoms with Crippen LogP contribution in [0.25, 0.3) is 0 Å². The Balaban J connectivity index is 2.95. The van der Waals surface area contributed by atoms with Gasteiger partial charge in [0.15, 0.2) is 0 Å². The van der Waals surface area contributed by atoms with Crippen molar-refractivity contribution in [3.63, 3.8) is 0 Å². The molecule has 0 aliphatic rings. The van der Waals surface area contributed by atoms with Crippen molar-refractivity contribution >= 4 is 0 Å². The van der Waals surface area contributed by atoms with E-state index >= 15 is 0 Å². The summed E-state index contributed by atoms with van der Waals surface area (Å²) in [5.41, 5.74) is -0.999. The first-order chi connectivity index (χ1) is 7.45. The van der Waals surface area contributed by atoms with Gasteiger partial charge >= 0.3 is 6.18 Å². The summed E-state index contributed by atoms with van der Waals surface area (Å²) in [7, 11) is 0. The molecule has 0 saturated carbocycles. The smallest absolute Gasteiger partial charge is 0.302 e. The van der Waals surface area contributed by atoms with Gasteiger partial charge in [0.2, 0.25) is 0 Å². The molecule has 1 N–H and O–H groups in total. The summed E-state index contributed by atoms with van der Waals surface area (Å²) in [6.07, 6.45) is 0.386. The van der Waals surface area contributed by atoms with E-state index in [-0.39, 0.29) is 18.7 Å². The van der Waals surface area contributed by atoms with E-state index in [0.29, 0.717) is 6.07 Å². The molecular formula is C11H9F4N.